The topological polar surface area (TPSA) is 66.6 Å². The number of aromatic nitrogens is 1. The van der Waals surface area contributed by atoms with Gasteiger partial charge in [-0.05, 0) is 18.2 Å². The van der Waals surface area contributed by atoms with Crippen LogP contribution in [0.15, 0.2) is 40.9 Å². The van der Waals surface area contributed by atoms with Crippen LogP contribution >= 0.6 is 34.8 Å². The minimum atomic E-state index is -1.94. The zero-order chi connectivity index (χ0) is 19.1. The number of anilines is 1. The molecule has 1 amide bonds. The minimum absolute atomic E-state index is 0.0601. The van der Waals surface area contributed by atoms with E-state index in [2.05, 4.69) is 5.16 Å². The quantitative estimate of drug-likeness (QED) is 0.557. The maximum Gasteiger partial charge on any atom is 0.413 e. The predicted octanol–water partition coefficient (Wildman–Crippen LogP) is 5.63. The van der Waals surface area contributed by atoms with Crippen molar-refractivity contribution in [3.8, 4) is 11.1 Å². The SMILES string of the molecule is O=C(O)N(CC(Cl)(Cl)Cl)c1noc2cccc(-c3c(F)cccc3F)c12. The van der Waals surface area contributed by atoms with E-state index in [0.29, 0.717) is 4.90 Å². The summed E-state index contributed by atoms with van der Waals surface area (Å²) in [5.74, 6) is -1.89. The molecule has 0 bridgehead atoms. The third-order valence-electron chi connectivity index (χ3n) is 3.54. The number of amides is 1. The summed E-state index contributed by atoms with van der Waals surface area (Å²) in [5, 5.41) is 13.2. The van der Waals surface area contributed by atoms with Gasteiger partial charge in [-0.25, -0.2) is 13.6 Å². The number of alkyl halides is 3. The highest BCUT2D eigenvalue weighted by Crippen LogP contribution is 2.39. The number of hydrogen-bond acceptors (Lipinski definition) is 3. The maximum atomic E-state index is 14.2. The Bertz CT molecular complexity index is 968. The van der Waals surface area contributed by atoms with Gasteiger partial charge in [0.25, 0.3) is 0 Å². The van der Waals surface area contributed by atoms with E-state index in [9.17, 15) is 18.7 Å². The van der Waals surface area contributed by atoms with Crippen LogP contribution in [0.5, 0.6) is 0 Å². The van der Waals surface area contributed by atoms with Crippen molar-refractivity contribution in [1.29, 1.82) is 0 Å². The van der Waals surface area contributed by atoms with Crippen LogP contribution in [0, 0.1) is 11.6 Å². The van der Waals surface area contributed by atoms with Gasteiger partial charge in [-0.3, -0.25) is 4.90 Å². The lowest BCUT2D eigenvalue weighted by Crippen LogP contribution is -2.37. The molecule has 0 radical (unpaired) electrons. The van der Waals surface area contributed by atoms with E-state index < -0.39 is 28.1 Å². The Hall–Kier alpha value is -2.09. The highest BCUT2D eigenvalue weighted by atomic mass is 35.6. The lowest BCUT2D eigenvalue weighted by Gasteiger charge is -2.21. The molecule has 0 fully saturated rings. The molecule has 0 saturated heterocycles. The Kier molecular flexibility index (Phi) is 4.96. The van der Waals surface area contributed by atoms with Crippen molar-refractivity contribution >= 4 is 57.7 Å². The molecule has 0 aliphatic heterocycles. The fourth-order valence-electron chi connectivity index (χ4n) is 2.54. The molecule has 1 heterocycles. The third-order valence-corrected chi connectivity index (χ3v) is 3.89. The molecule has 0 unspecified atom stereocenters. The molecule has 0 spiro atoms. The van der Waals surface area contributed by atoms with Gasteiger partial charge in [0, 0.05) is 5.56 Å². The van der Waals surface area contributed by atoms with Crippen LogP contribution in [0.25, 0.3) is 22.1 Å². The van der Waals surface area contributed by atoms with Gasteiger partial charge in [0.15, 0.2) is 11.4 Å². The normalized spacial score (nSPS) is 11.7. The Morgan fingerprint density at radius 2 is 1.77 bits per heavy atom. The van der Waals surface area contributed by atoms with Crippen molar-refractivity contribution in [3.63, 3.8) is 0 Å². The number of rotatable bonds is 3. The Morgan fingerprint density at radius 3 is 2.35 bits per heavy atom. The summed E-state index contributed by atoms with van der Waals surface area (Å²) in [5.41, 5.74) is -0.164. The summed E-state index contributed by atoms with van der Waals surface area (Å²) in [6.45, 7) is -0.567. The fourth-order valence-corrected chi connectivity index (χ4v) is 2.89. The largest absolute Gasteiger partial charge is 0.465 e. The van der Waals surface area contributed by atoms with Gasteiger partial charge in [0.2, 0.25) is 3.79 Å². The predicted molar refractivity (Wildman–Crippen MR) is 95.0 cm³/mol. The summed E-state index contributed by atoms with van der Waals surface area (Å²) in [6, 6.07) is 7.78. The van der Waals surface area contributed by atoms with Crippen LogP contribution in [-0.4, -0.2) is 26.7 Å². The van der Waals surface area contributed by atoms with E-state index in [4.69, 9.17) is 39.3 Å². The molecular formula is C16H9Cl3F2N2O3. The Morgan fingerprint density at radius 1 is 1.15 bits per heavy atom. The van der Waals surface area contributed by atoms with Gasteiger partial charge in [-0.15, -0.1) is 0 Å². The lowest BCUT2D eigenvalue weighted by atomic mass is 10.00. The molecule has 3 aromatic rings. The highest BCUT2D eigenvalue weighted by molar-refractivity contribution is 6.68. The van der Waals surface area contributed by atoms with E-state index in [1.807, 2.05) is 0 Å². The van der Waals surface area contributed by atoms with Crippen molar-refractivity contribution in [1.82, 2.24) is 5.16 Å². The zero-order valence-corrected chi connectivity index (χ0v) is 15.0. The first kappa shape index (κ1) is 18.7. The van der Waals surface area contributed by atoms with Crippen LogP contribution in [-0.2, 0) is 0 Å². The summed E-state index contributed by atoms with van der Waals surface area (Å²) >= 11 is 17.1. The molecule has 1 N–H and O–H groups in total. The molecule has 1 aromatic heterocycles. The first-order chi connectivity index (χ1) is 12.2. The number of fused-ring (bicyclic) bond motifs is 1. The maximum absolute atomic E-state index is 14.2. The van der Waals surface area contributed by atoms with Gasteiger partial charge in [0.05, 0.1) is 17.5 Å². The highest BCUT2D eigenvalue weighted by Gasteiger charge is 2.32. The first-order valence-corrected chi connectivity index (χ1v) is 8.22. The van der Waals surface area contributed by atoms with Crippen LogP contribution < -0.4 is 4.90 Å². The zero-order valence-electron chi connectivity index (χ0n) is 12.7. The molecule has 136 valence electrons. The Balaban J connectivity index is 2.28. The van der Waals surface area contributed by atoms with E-state index >= 15 is 0 Å². The molecule has 3 rings (SSSR count). The van der Waals surface area contributed by atoms with Crippen LogP contribution in [0.2, 0.25) is 0 Å². The fraction of sp³-hybridized carbons (Fsp3) is 0.125. The molecule has 0 saturated carbocycles. The average Bonchev–Trinajstić information content (AvgIpc) is 2.96. The molecular weight excluding hydrogens is 413 g/mol. The van der Waals surface area contributed by atoms with Gasteiger partial charge in [-0.2, -0.15) is 0 Å². The number of nitrogens with zero attached hydrogens (tertiary/aromatic N) is 2. The second-order valence-corrected chi connectivity index (χ2v) is 7.78. The van der Waals surface area contributed by atoms with Crippen molar-refractivity contribution in [3.05, 3.63) is 48.0 Å². The number of hydrogen-bond donors (Lipinski definition) is 1. The average molecular weight is 422 g/mol. The van der Waals surface area contributed by atoms with Gasteiger partial charge in [-0.1, -0.05) is 58.2 Å². The first-order valence-electron chi connectivity index (χ1n) is 7.09. The molecule has 5 nitrogen and oxygen atoms in total. The summed E-state index contributed by atoms with van der Waals surface area (Å²) in [6.07, 6.45) is -1.48. The molecule has 26 heavy (non-hydrogen) atoms. The molecule has 10 heteroatoms. The van der Waals surface area contributed by atoms with Crippen molar-refractivity contribution < 1.29 is 23.2 Å². The molecule has 0 aliphatic carbocycles. The lowest BCUT2D eigenvalue weighted by molar-refractivity contribution is 0.201. The van der Waals surface area contributed by atoms with Crippen LogP contribution in [0.1, 0.15) is 0 Å². The van der Waals surface area contributed by atoms with Gasteiger partial charge >= 0.3 is 6.09 Å². The van der Waals surface area contributed by atoms with Crippen LogP contribution in [0.4, 0.5) is 19.4 Å². The molecule has 0 atom stereocenters. The molecule has 2 aromatic carbocycles. The van der Waals surface area contributed by atoms with E-state index in [1.54, 1.807) is 0 Å². The number of carbonyl (C=O) groups is 1. The smallest absolute Gasteiger partial charge is 0.413 e. The minimum Gasteiger partial charge on any atom is -0.465 e. The van der Waals surface area contributed by atoms with Crippen LogP contribution in [0.3, 0.4) is 0 Å². The third kappa shape index (κ3) is 3.56. The summed E-state index contributed by atoms with van der Waals surface area (Å²) < 4.78 is 31.7. The Labute approximate surface area is 160 Å². The van der Waals surface area contributed by atoms with Crippen molar-refractivity contribution in [2.75, 3.05) is 11.4 Å². The summed E-state index contributed by atoms with van der Waals surface area (Å²) in [7, 11) is 0. The van der Waals surface area contributed by atoms with Crippen molar-refractivity contribution in [2.24, 2.45) is 0 Å². The number of benzene rings is 2. The standard InChI is InChI=1S/C16H9Cl3F2N2O3/c17-16(18,19)7-23(15(24)25)14-13-8(3-1-6-11(13)26-22-14)12-9(20)4-2-5-10(12)21/h1-6H,7H2,(H,24,25). The van der Waals surface area contributed by atoms with E-state index in [0.717, 1.165) is 12.1 Å². The number of carboxylic acid groups (broad SMARTS) is 1. The van der Waals surface area contributed by atoms with Gasteiger partial charge in [0.1, 0.15) is 11.6 Å². The monoisotopic (exact) mass is 420 g/mol. The second kappa shape index (κ2) is 6.90. The number of halogens is 5. The summed E-state index contributed by atoms with van der Waals surface area (Å²) in [4.78, 5) is 12.3. The molecule has 0 aliphatic rings. The van der Waals surface area contributed by atoms with Crippen molar-refractivity contribution in [2.45, 2.75) is 3.79 Å². The van der Waals surface area contributed by atoms with Gasteiger partial charge < -0.3 is 9.63 Å². The second-order valence-electron chi connectivity index (χ2n) is 5.27. The van der Waals surface area contributed by atoms with E-state index in [1.165, 1.54) is 24.3 Å². The van der Waals surface area contributed by atoms with E-state index in [-0.39, 0.29) is 27.9 Å².